The van der Waals surface area contributed by atoms with E-state index in [1.165, 1.54) is 18.2 Å². The number of ether oxygens (including phenoxy) is 1. The van der Waals surface area contributed by atoms with Crippen molar-refractivity contribution in [3.05, 3.63) is 137 Å². The maximum Gasteiger partial charge on any atom is 0.268 e. The van der Waals surface area contributed by atoms with Gasteiger partial charge in [0.05, 0.1) is 16.1 Å². The first-order chi connectivity index (χ1) is 25.3. The number of nitrogens with one attached hydrogen (secondary N) is 4. The fourth-order valence-corrected chi connectivity index (χ4v) is 6.56. The Hall–Kier alpha value is -4.99. The van der Waals surface area contributed by atoms with E-state index in [4.69, 9.17) is 16.3 Å². The number of anilines is 2. The quantitative estimate of drug-likeness (QED) is 0.0384. The molecule has 0 saturated carbocycles. The minimum absolute atomic E-state index is 0.0336. The number of hydrogen-bond donors (Lipinski definition) is 5. The zero-order valence-corrected chi connectivity index (χ0v) is 31.2. The van der Waals surface area contributed by atoms with Crippen molar-refractivity contribution in [3.63, 3.8) is 0 Å². The molecule has 0 aliphatic rings. The SMILES string of the molecule is CN(C)CCNc1ccc(S(=O)(=O)NC(=O)c2ccc(NCCNCc3ccccc3-c3ccc(Cl)cc3)cc2Oc2ccccc2)cc1[N+](C)([O-])O. The molecule has 1 amide bonds. The van der Waals surface area contributed by atoms with E-state index in [-0.39, 0.29) is 27.6 Å². The van der Waals surface area contributed by atoms with Crippen LogP contribution in [0.5, 0.6) is 11.5 Å². The first kappa shape index (κ1) is 39.2. The molecule has 0 spiro atoms. The number of amides is 1. The summed E-state index contributed by atoms with van der Waals surface area (Å²) in [6.07, 6.45) is 0. The Morgan fingerprint density at radius 2 is 1.58 bits per heavy atom. The number of sulfonamides is 1. The number of carbonyl (C=O) groups excluding carboxylic acids is 1. The van der Waals surface area contributed by atoms with Crippen molar-refractivity contribution in [1.29, 1.82) is 0 Å². The number of likely N-dealkylation sites (N-methyl/N-ethyl adjacent to an activating group) is 1. The molecule has 5 N–H and O–H groups in total. The lowest BCUT2D eigenvalue weighted by atomic mass is 10.00. The van der Waals surface area contributed by atoms with E-state index in [1.807, 2.05) is 61.5 Å². The molecule has 278 valence electrons. The molecule has 12 nitrogen and oxygen atoms in total. The Balaban J connectivity index is 1.28. The maximum absolute atomic E-state index is 13.6. The van der Waals surface area contributed by atoms with E-state index in [9.17, 15) is 23.6 Å². The van der Waals surface area contributed by atoms with Gasteiger partial charge in [0.25, 0.3) is 15.9 Å². The van der Waals surface area contributed by atoms with Gasteiger partial charge in [-0.15, -0.1) is 0 Å². The lowest BCUT2D eigenvalue weighted by Gasteiger charge is -2.30. The molecule has 1 atom stereocenters. The van der Waals surface area contributed by atoms with Crippen LogP contribution in [0.4, 0.5) is 17.1 Å². The van der Waals surface area contributed by atoms with Gasteiger partial charge in [-0.2, -0.15) is 4.81 Å². The van der Waals surface area contributed by atoms with E-state index in [0.717, 1.165) is 29.8 Å². The van der Waals surface area contributed by atoms with Crippen LogP contribution in [0, 0.1) is 5.21 Å². The number of hydroxylamine groups is 2. The number of rotatable bonds is 17. The molecule has 0 aliphatic carbocycles. The third-order valence-electron chi connectivity index (χ3n) is 8.14. The lowest BCUT2D eigenvalue weighted by Crippen LogP contribution is -2.35. The molecule has 53 heavy (non-hydrogen) atoms. The molecule has 0 fully saturated rings. The van der Waals surface area contributed by atoms with Gasteiger partial charge in [0.2, 0.25) is 0 Å². The van der Waals surface area contributed by atoms with Crippen molar-refractivity contribution in [2.75, 3.05) is 58.0 Å². The Bertz CT molecular complexity index is 2110. The highest BCUT2D eigenvalue weighted by Gasteiger charge is 2.26. The fraction of sp³-hybridized carbons (Fsp3) is 0.205. The van der Waals surface area contributed by atoms with E-state index < -0.39 is 20.7 Å². The van der Waals surface area contributed by atoms with E-state index in [0.29, 0.717) is 49.2 Å². The lowest BCUT2D eigenvalue weighted by molar-refractivity contribution is -0.00400. The second-order valence-electron chi connectivity index (χ2n) is 12.6. The van der Waals surface area contributed by atoms with Crippen molar-refractivity contribution >= 4 is 44.6 Å². The minimum atomic E-state index is -4.49. The van der Waals surface area contributed by atoms with Gasteiger partial charge < -0.3 is 30.8 Å². The number of para-hydroxylation sites is 1. The molecule has 0 aliphatic heterocycles. The van der Waals surface area contributed by atoms with Crippen LogP contribution in [0.15, 0.2) is 120 Å². The Kier molecular flexibility index (Phi) is 13.1. The summed E-state index contributed by atoms with van der Waals surface area (Å²) in [5.74, 6) is -0.374. The van der Waals surface area contributed by atoms with Gasteiger partial charge >= 0.3 is 0 Å². The van der Waals surface area contributed by atoms with Crippen LogP contribution in [0.1, 0.15) is 15.9 Å². The molecule has 1 unspecified atom stereocenters. The van der Waals surface area contributed by atoms with Gasteiger partial charge in [-0.3, -0.25) is 4.79 Å². The zero-order chi connectivity index (χ0) is 38.0. The Morgan fingerprint density at radius 1 is 0.868 bits per heavy atom. The molecular weight excluding hydrogens is 716 g/mol. The number of halogens is 1. The summed E-state index contributed by atoms with van der Waals surface area (Å²) >= 11 is 6.08. The molecule has 5 aromatic rings. The molecule has 0 bridgehead atoms. The highest BCUT2D eigenvalue weighted by molar-refractivity contribution is 7.90. The average Bonchev–Trinajstić information content (AvgIpc) is 3.12. The van der Waals surface area contributed by atoms with Gasteiger partial charge in [-0.25, -0.2) is 18.3 Å². The topological polar surface area (TPSA) is 155 Å². The Labute approximate surface area is 315 Å². The van der Waals surface area contributed by atoms with Gasteiger partial charge in [0, 0.05) is 55.6 Å². The third-order valence-corrected chi connectivity index (χ3v) is 9.72. The number of benzene rings is 5. The normalized spacial score (nSPS) is 12.6. The van der Waals surface area contributed by atoms with Crippen LogP contribution >= 0.6 is 11.6 Å². The largest absolute Gasteiger partial charge is 0.593 e. The van der Waals surface area contributed by atoms with E-state index in [2.05, 4.69) is 32.8 Å². The molecular formula is C39H43ClN6O6S. The number of hydrogen-bond acceptors (Lipinski definition) is 10. The van der Waals surface area contributed by atoms with Gasteiger partial charge in [0.15, 0.2) is 5.69 Å². The summed E-state index contributed by atoms with van der Waals surface area (Å²) in [7, 11) is 0.234. The number of nitrogens with zero attached hydrogens (tertiary/aromatic N) is 2. The first-order valence-electron chi connectivity index (χ1n) is 16.9. The minimum Gasteiger partial charge on any atom is -0.593 e. The number of quaternary nitrogens is 1. The monoisotopic (exact) mass is 758 g/mol. The van der Waals surface area contributed by atoms with Crippen LogP contribution in [0.25, 0.3) is 11.1 Å². The molecule has 0 saturated heterocycles. The molecule has 14 heteroatoms. The van der Waals surface area contributed by atoms with Crippen LogP contribution in [0.2, 0.25) is 5.02 Å². The predicted molar refractivity (Wildman–Crippen MR) is 211 cm³/mol. The van der Waals surface area contributed by atoms with E-state index in [1.54, 1.807) is 36.4 Å². The first-order valence-corrected chi connectivity index (χ1v) is 18.7. The summed E-state index contributed by atoms with van der Waals surface area (Å²) in [5, 5.41) is 33.3. The molecule has 5 rings (SSSR count). The highest BCUT2D eigenvalue weighted by Crippen LogP contribution is 2.33. The van der Waals surface area contributed by atoms with E-state index >= 15 is 0 Å². The molecule has 5 aromatic carbocycles. The smallest absolute Gasteiger partial charge is 0.268 e. The average molecular weight is 759 g/mol. The van der Waals surface area contributed by atoms with Crippen molar-refractivity contribution in [1.82, 2.24) is 19.7 Å². The van der Waals surface area contributed by atoms with Crippen LogP contribution in [-0.2, 0) is 16.6 Å². The van der Waals surface area contributed by atoms with Crippen molar-refractivity contribution in [2.45, 2.75) is 11.4 Å². The molecule has 0 radical (unpaired) electrons. The summed E-state index contributed by atoms with van der Waals surface area (Å²) in [6, 6.07) is 33.1. The second kappa shape index (κ2) is 17.7. The summed E-state index contributed by atoms with van der Waals surface area (Å²) in [6.45, 7) is 2.86. The van der Waals surface area contributed by atoms with Gasteiger partial charge in [-0.1, -0.05) is 66.2 Å². The van der Waals surface area contributed by atoms with Crippen molar-refractivity contribution < 1.29 is 23.2 Å². The predicted octanol–water partition coefficient (Wildman–Crippen LogP) is 6.92. The van der Waals surface area contributed by atoms with Crippen LogP contribution in [0.3, 0.4) is 0 Å². The summed E-state index contributed by atoms with van der Waals surface area (Å²) in [4.78, 5) is 13.2. The van der Waals surface area contributed by atoms with Crippen molar-refractivity contribution in [2.24, 2.45) is 0 Å². The third kappa shape index (κ3) is 11.0. The van der Waals surface area contributed by atoms with Gasteiger partial charge in [0.1, 0.15) is 18.5 Å². The fourth-order valence-electron chi connectivity index (χ4n) is 5.45. The zero-order valence-electron chi connectivity index (χ0n) is 29.7. The standard InChI is InChI=1S/C39H43ClN6O6S/c1-45(2)24-23-43-36-20-18-33(26-37(36)46(3,48)49)53(50,51)44-39(47)35-19-17-31(25-38(35)52-32-10-5-4-6-11-32)42-22-21-41-27-29-9-7-8-12-34(29)28-13-15-30(40)16-14-28/h4-20,25-26,41-43,48H,21-24,27H2,1-3H3,(H,44,47). The highest BCUT2D eigenvalue weighted by atomic mass is 35.5. The van der Waals surface area contributed by atoms with Crippen LogP contribution < -0.4 is 30.2 Å². The Morgan fingerprint density at radius 3 is 2.30 bits per heavy atom. The molecule has 0 heterocycles. The molecule has 0 aromatic heterocycles. The van der Waals surface area contributed by atoms with Crippen LogP contribution in [-0.4, -0.2) is 71.8 Å². The van der Waals surface area contributed by atoms with Gasteiger partial charge in [-0.05, 0) is 79.3 Å². The van der Waals surface area contributed by atoms with Crippen molar-refractivity contribution in [3.8, 4) is 22.6 Å². The maximum atomic E-state index is 13.6. The summed E-state index contributed by atoms with van der Waals surface area (Å²) in [5.41, 5.74) is 3.97. The number of carbonyl (C=O) groups is 1. The second-order valence-corrected chi connectivity index (χ2v) is 14.7. The summed E-state index contributed by atoms with van der Waals surface area (Å²) < 4.78 is 35.1.